The van der Waals surface area contributed by atoms with Crippen LogP contribution in [0.3, 0.4) is 0 Å². The highest BCUT2D eigenvalue weighted by molar-refractivity contribution is 7.80. The van der Waals surface area contributed by atoms with E-state index in [2.05, 4.69) is 67.5 Å². The van der Waals surface area contributed by atoms with Gasteiger partial charge < -0.3 is 14.8 Å². The molecule has 5 nitrogen and oxygen atoms in total. The topological polar surface area (TPSA) is 54.9 Å². The fraction of sp³-hybridized carbons (Fsp3) is 0.304. The van der Waals surface area contributed by atoms with Gasteiger partial charge in [-0.3, -0.25) is 5.43 Å². The molecule has 0 saturated heterocycles. The summed E-state index contributed by atoms with van der Waals surface area (Å²) in [6.45, 7) is 11.3. The lowest BCUT2D eigenvalue weighted by Gasteiger charge is -2.19. The summed E-state index contributed by atoms with van der Waals surface area (Å²) >= 11 is 5.08. The van der Waals surface area contributed by atoms with Crippen LogP contribution in [-0.2, 0) is 12.0 Å². The van der Waals surface area contributed by atoms with E-state index in [0.717, 1.165) is 11.1 Å². The Morgan fingerprint density at radius 2 is 1.86 bits per heavy atom. The van der Waals surface area contributed by atoms with E-state index >= 15 is 0 Å². The Balaban J connectivity index is 1.98. The SMILES string of the molecule is C=CCNC(=S)NN=Cc1ccc(OCc2ccc(C(C)(C)C)cc2)c(OC)c1. The van der Waals surface area contributed by atoms with Gasteiger partial charge in [0.2, 0.25) is 0 Å². The quantitative estimate of drug-likeness (QED) is 0.289. The predicted molar refractivity (Wildman–Crippen MR) is 124 cm³/mol. The van der Waals surface area contributed by atoms with E-state index in [9.17, 15) is 0 Å². The van der Waals surface area contributed by atoms with Gasteiger partial charge in [-0.15, -0.1) is 6.58 Å². The second-order valence-electron chi connectivity index (χ2n) is 7.51. The molecule has 2 aromatic carbocycles. The number of nitrogens with one attached hydrogen (secondary N) is 2. The molecule has 0 aromatic heterocycles. The van der Waals surface area contributed by atoms with Gasteiger partial charge in [-0.2, -0.15) is 5.10 Å². The minimum absolute atomic E-state index is 0.139. The molecule has 2 aromatic rings. The standard InChI is InChI=1S/C23H29N3O2S/c1-6-13-24-22(29)26-25-15-18-9-12-20(21(14-18)27-5)28-16-17-7-10-19(11-8-17)23(2,3)4/h6-12,14-15H,1,13,16H2,2-5H3,(H2,24,26,29). The zero-order chi connectivity index (χ0) is 21.3. The van der Waals surface area contributed by atoms with Crippen LogP contribution in [0.5, 0.6) is 11.5 Å². The van der Waals surface area contributed by atoms with Crippen molar-refractivity contribution < 1.29 is 9.47 Å². The van der Waals surface area contributed by atoms with Crippen molar-refractivity contribution in [3.8, 4) is 11.5 Å². The van der Waals surface area contributed by atoms with Crippen molar-refractivity contribution in [3.63, 3.8) is 0 Å². The van der Waals surface area contributed by atoms with Gasteiger partial charge in [0.1, 0.15) is 6.61 Å². The Morgan fingerprint density at radius 3 is 2.48 bits per heavy atom. The van der Waals surface area contributed by atoms with Gasteiger partial charge in [-0.1, -0.05) is 51.1 Å². The highest BCUT2D eigenvalue weighted by Crippen LogP contribution is 2.29. The van der Waals surface area contributed by atoms with Crippen molar-refractivity contribution in [1.82, 2.24) is 10.7 Å². The lowest BCUT2D eigenvalue weighted by atomic mass is 9.87. The molecule has 0 spiro atoms. The molecule has 0 aliphatic rings. The fourth-order valence-corrected chi connectivity index (χ4v) is 2.65. The summed E-state index contributed by atoms with van der Waals surface area (Å²) in [5, 5.41) is 7.49. The molecule has 0 atom stereocenters. The zero-order valence-electron chi connectivity index (χ0n) is 17.5. The predicted octanol–water partition coefficient (Wildman–Crippen LogP) is 4.56. The summed E-state index contributed by atoms with van der Waals surface area (Å²) in [5.41, 5.74) is 6.16. The Bertz CT molecular complexity index is 855. The smallest absolute Gasteiger partial charge is 0.187 e. The van der Waals surface area contributed by atoms with Crippen LogP contribution >= 0.6 is 12.2 Å². The lowest BCUT2D eigenvalue weighted by molar-refractivity contribution is 0.284. The first kappa shape index (κ1) is 22.4. The van der Waals surface area contributed by atoms with Crippen molar-refractivity contribution in [1.29, 1.82) is 0 Å². The molecule has 0 aliphatic heterocycles. The number of rotatable bonds is 8. The van der Waals surface area contributed by atoms with Crippen LogP contribution in [0.4, 0.5) is 0 Å². The molecule has 0 heterocycles. The molecule has 29 heavy (non-hydrogen) atoms. The number of methoxy groups -OCH3 is 1. The van der Waals surface area contributed by atoms with Gasteiger partial charge in [0.05, 0.1) is 13.3 Å². The molecule has 0 saturated carbocycles. The van der Waals surface area contributed by atoms with Crippen molar-refractivity contribution in [2.45, 2.75) is 32.8 Å². The molecule has 2 rings (SSSR count). The highest BCUT2D eigenvalue weighted by atomic mass is 32.1. The summed E-state index contributed by atoms with van der Waals surface area (Å²) in [5.74, 6) is 1.33. The lowest BCUT2D eigenvalue weighted by Crippen LogP contribution is -2.31. The van der Waals surface area contributed by atoms with Gasteiger partial charge >= 0.3 is 0 Å². The first-order chi connectivity index (χ1) is 13.8. The molecule has 0 fully saturated rings. The molecule has 154 valence electrons. The molecular formula is C23H29N3O2S. The molecule has 6 heteroatoms. The Hall–Kier alpha value is -2.86. The molecule has 0 aliphatic carbocycles. The second-order valence-corrected chi connectivity index (χ2v) is 7.92. The van der Waals surface area contributed by atoms with Gasteiger partial charge in [-0.05, 0) is 52.5 Å². The fourth-order valence-electron chi connectivity index (χ4n) is 2.52. The van der Waals surface area contributed by atoms with Crippen LogP contribution in [0, 0.1) is 0 Å². The number of hydrogen-bond acceptors (Lipinski definition) is 4. The maximum Gasteiger partial charge on any atom is 0.187 e. The van der Waals surface area contributed by atoms with Gasteiger partial charge in [-0.25, -0.2) is 0 Å². The van der Waals surface area contributed by atoms with Crippen LogP contribution in [0.25, 0.3) is 0 Å². The molecular weight excluding hydrogens is 382 g/mol. The molecule has 0 radical (unpaired) electrons. The first-order valence-corrected chi connectivity index (χ1v) is 9.82. The number of hydrogen-bond donors (Lipinski definition) is 2. The van der Waals surface area contributed by atoms with Crippen molar-refractivity contribution in [3.05, 3.63) is 71.8 Å². The van der Waals surface area contributed by atoms with Crippen molar-refractivity contribution in [2.75, 3.05) is 13.7 Å². The van der Waals surface area contributed by atoms with Crippen LogP contribution in [0.15, 0.2) is 60.2 Å². The third-order valence-electron chi connectivity index (χ3n) is 4.19. The molecule has 0 amide bonds. The summed E-state index contributed by atoms with van der Waals surface area (Å²) in [7, 11) is 1.62. The average molecular weight is 412 g/mol. The average Bonchev–Trinajstić information content (AvgIpc) is 2.70. The largest absolute Gasteiger partial charge is 0.493 e. The van der Waals surface area contributed by atoms with E-state index in [-0.39, 0.29) is 5.41 Å². The minimum Gasteiger partial charge on any atom is -0.493 e. The van der Waals surface area contributed by atoms with E-state index in [1.165, 1.54) is 5.56 Å². The first-order valence-electron chi connectivity index (χ1n) is 9.41. The normalized spacial score (nSPS) is 11.2. The van der Waals surface area contributed by atoms with Crippen LogP contribution in [0.1, 0.15) is 37.5 Å². The zero-order valence-corrected chi connectivity index (χ0v) is 18.3. The number of hydrazone groups is 1. The number of nitrogens with zero attached hydrogens (tertiary/aromatic N) is 1. The van der Waals surface area contributed by atoms with Crippen LogP contribution < -0.4 is 20.2 Å². The Morgan fingerprint density at radius 1 is 1.14 bits per heavy atom. The molecule has 0 unspecified atom stereocenters. The second kappa shape index (κ2) is 10.6. The summed E-state index contributed by atoms with van der Waals surface area (Å²) in [6, 6.07) is 14.1. The van der Waals surface area contributed by atoms with E-state index < -0.39 is 0 Å². The molecule has 2 N–H and O–H groups in total. The van der Waals surface area contributed by atoms with Gasteiger partial charge in [0, 0.05) is 6.54 Å². The van der Waals surface area contributed by atoms with E-state index in [0.29, 0.717) is 29.8 Å². The number of ether oxygens (including phenoxy) is 2. The summed E-state index contributed by atoms with van der Waals surface area (Å²) < 4.78 is 11.4. The van der Waals surface area contributed by atoms with Crippen LogP contribution in [0.2, 0.25) is 0 Å². The van der Waals surface area contributed by atoms with Crippen LogP contribution in [-0.4, -0.2) is 25.0 Å². The third kappa shape index (κ3) is 7.23. The summed E-state index contributed by atoms with van der Waals surface area (Å²) in [4.78, 5) is 0. The highest BCUT2D eigenvalue weighted by Gasteiger charge is 2.13. The minimum atomic E-state index is 0.139. The maximum atomic E-state index is 5.96. The van der Waals surface area contributed by atoms with E-state index in [1.54, 1.807) is 19.4 Å². The van der Waals surface area contributed by atoms with E-state index in [1.807, 2.05) is 18.2 Å². The summed E-state index contributed by atoms with van der Waals surface area (Å²) in [6.07, 6.45) is 3.39. The number of thiocarbonyl (C=S) groups is 1. The van der Waals surface area contributed by atoms with Gasteiger partial charge in [0.15, 0.2) is 16.6 Å². The van der Waals surface area contributed by atoms with Crippen molar-refractivity contribution in [2.24, 2.45) is 5.10 Å². The third-order valence-corrected chi connectivity index (χ3v) is 4.42. The van der Waals surface area contributed by atoms with Crippen molar-refractivity contribution >= 4 is 23.5 Å². The Labute approximate surface area is 178 Å². The maximum absolute atomic E-state index is 5.96. The Kier molecular flexibility index (Phi) is 8.21. The number of benzene rings is 2. The monoisotopic (exact) mass is 411 g/mol. The van der Waals surface area contributed by atoms with Gasteiger partial charge in [0.25, 0.3) is 0 Å². The van der Waals surface area contributed by atoms with E-state index in [4.69, 9.17) is 21.7 Å². The molecule has 0 bridgehead atoms.